The summed E-state index contributed by atoms with van der Waals surface area (Å²) in [5.74, 6) is 0.280. The number of rotatable bonds is 5. The van der Waals surface area contributed by atoms with Gasteiger partial charge in [-0.1, -0.05) is 12.1 Å². The van der Waals surface area contributed by atoms with Crippen molar-refractivity contribution in [2.24, 2.45) is 0 Å². The molecule has 2 N–H and O–H groups in total. The van der Waals surface area contributed by atoms with Crippen LogP contribution in [-0.4, -0.2) is 22.0 Å². The van der Waals surface area contributed by atoms with Gasteiger partial charge in [-0.15, -0.1) is 21.5 Å². The molecule has 24 heavy (non-hydrogen) atoms. The predicted octanol–water partition coefficient (Wildman–Crippen LogP) is 2.62. The summed E-state index contributed by atoms with van der Waals surface area (Å²) in [5, 5.41) is 14.8. The van der Waals surface area contributed by atoms with Crippen LogP contribution < -0.4 is 10.6 Å². The molecule has 0 bridgehead atoms. The number of aromatic nitrogens is 2. The standard InChI is InChI=1S/C16H14N4O3S/c1-10-19-20-14(23-10)9-17-15(21)11-4-2-5-12(8-11)18-16(22)13-6-3-7-24-13/h2-8H,9H2,1H3,(H,17,21)(H,18,22). The third kappa shape index (κ3) is 3.85. The fraction of sp³-hybridized carbons (Fsp3) is 0.125. The van der Waals surface area contributed by atoms with Gasteiger partial charge in [0.2, 0.25) is 11.8 Å². The minimum Gasteiger partial charge on any atom is -0.424 e. The van der Waals surface area contributed by atoms with E-state index in [-0.39, 0.29) is 18.4 Å². The van der Waals surface area contributed by atoms with Gasteiger partial charge in [0, 0.05) is 18.2 Å². The Labute approximate surface area is 141 Å². The molecule has 0 aliphatic heterocycles. The molecule has 1 aromatic carbocycles. The molecule has 0 aliphatic rings. The second kappa shape index (κ2) is 7.05. The maximum atomic E-state index is 12.2. The van der Waals surface area contributed by atoms with E-state index in [0.29, 0.717) is 27.9 Å². The minimum absolute atomic E-state index is 0.144. The number of benzene rings is 1. The lowest BCUT2D eigenvalue weighted by Crippen LogP contribution is -2.23. The Hall–Kier alpha value is -3.00. The Morgan fingerprint density at radius 3 is 2.75 bits per heavy atom. The van der Waals surface area contributed by atoms with Crippen molar-refractivity contribution < 1.29 is 14.0 Å². The van der Waals surface area contributed by atoms with Crippen LogP contribution in [-0.2, 0) is 6.54 Å². The zero-order chi connectivity index (χ0) is 16.9. The van der Waals surface area contributed by atoms with Gasteiger partial charge in [-0.25, -0.2) is 0 Å². The molecule has 0 spiro atoms. The van der Waals surface area contributed by atoms with Gasteiger partial charge in [0.15, 0.2) is 0 Å². The lowest BCUT2D eigenvalue weighted by Gasteiger charge is -2.07. The van der Waals surface area contributed by atoms with Crippen LogP contribution in [0.5, 0.6) is 0 Å². The smallest absolute Gasteiger partial charge is 0.265 e. The van der Waals surface area contributed by atoms with E-state index in [2.05, 4.69) is 20.8 Å². The van der Waals surface area contributed by atoms with Gasteiger partial charge in [-0.2, -0.15) is 0 Å². The predicted molar refractivity (Wildman–Crippen MR) is 88.9 cm³/mol. The summed E-state index contributed by atoms with van der Waals surface area (Å²) in [5.41, 5.74) is 0.977. The van der Waals surface area contributed by atoms with Crippen molar-refractivity contribution in [2.45, 2.75) is 13.5 Å². The third-order valence-corrected chi connectivity index (χ3v) is 3.96. The second-order valence-electron chi connectivity index (χ2n) is 4.91. The molecule has 7 nitrogen and oxygen atoms in total. The zero-order valence-corrected chi connectivity index (χ0v) is 13.6. The molecule has 0 aliphatic carbocycles. The van der Waals surface area contributed by atoms with Crippen LogP contribution in [0.15, 0.2) is 46.2 Å². The van der Waals surface area contributed by atoms with Crippen LogP contribution >= 0.6 is 11.3 Å². The Morgan fingerprint density at radius 1 is 1.17 bits per heavy atom. The van der Waals surface area contributed by atoms with Gasteiger partial charge in [0.1, 0.15) is 0 Å². The first-order valence-electron chi connectivity index (χ1n) is 7.14. The summed E-state index contributed by atoms with van der Waals surface area (Å²) in [7, 11) is 0. The number of aryl methyl sites for hydroxylation is 1. The first-order chi connectivity index (χ1) is 11.6. The van der Waals surface area contributed by atoms with Crippen molar-refractivity contribution in [2.75, 3.05) is 5.32 Å². The molecule has 0 unspecified atom stereocenters. The fourth-order valence-corrected chi connectivity index (χ4v) is 2.62. The zero-order valence-electron chi connectivity index (χ0n) is 12.8. The van der Waals surface area contributed by atoms with Crippen molar-refractivity contribution in [3.05, 3.63) is 64.0 Å². The highest BCUT2D eigenvalue weighted by Crippen LogP contribution is 2.15. The molecule has 0 atom stereocenters. The van der Waals surface area contributed by atoms with Crippen LogP contribution in [0.25, 0.3) is 0 Å². The summed E-state index contributed by atoms with van der Waals surface area (Å²) in [6.45, 7) is 1.82. The average molecular weight is 342 g/mol. The van der Waals surface area contributed by atoms with Gasteiger partial charge in [0.25, 0.3) is 11.8 Å². The minimum atomic E-state index is -0.293. The molecule has 2 aromatic heterocycles. The molecule has 0 saturated heterocycles. The van der Waals surface area contributed by atoms with E-state index in [1.165, 1.54) is 11.3 Å². The normalized spacial score (nSPS) is 10.4. The van der Waals surface area contributed by atoms with E-state index in [1.807, 2.05) is 11.4 Å². The number of anilines is 1. The van der Waals surface area contributed by atoms with Gasteiger partial charge in [-0.05, 0) is 29.6 Å². The van der Waals surface area contributed by atoms with Crippen molar-refractivity contribution in [3.63, 3.8) is 0 Å². The van der Waals surface area contributed by atoms with Gasteiger partial charge in [0.05, 0.1) is 11.4 Å². The fourth-order valence-electron chi connectivity index (χ4n) is 2.01. The maximum Gasteiger partial charge on any atom is 0.265 e. The van der Waals surface area contributed by atoms with Gasteiger partial charge in [-0.3, -0.25) is 9.59 Å². The van der Waals surface area contributed by atoms with E-state index in [9.17, 15) is 9.59 Å². The Morgan fingerprint density at radius 2 is 2.04 bits per heavy atom. The first-order valence-corrected chi connectivity index (χ1v) is 8.02. The quantitative estimate of drug-likeness (QED) is 0.743. The van der Waals surface area contributed by atoms with E-state index in [1.54, 1.807) is 37.3 Å². The number of hydrogen-bond donors (Lipinski definition) is 2. The van der Waals surface area contributed by atoms with Crippen molar-refractivity contribution in [1.82, 2.24) is 15.5 Å². The maximum absolute atomic E-state index is 12.2. The van der Waals surface area contributed by atoms with Crippen LogP contribution in [0.4, 0.5) is 5.69 Å². The van der Waals surface area contributed by atoms with Crippen molar-refractivity contribution >= 4 is 28.8 Å². The molecule has 122 valence electrons. The lowest BCUT2D eigenvalue weighted by atomic mass is 10.2. The van der Waals surface area contributed by atoms with Crippen LogP contribution in [0.3, 0.4) is 0 Å². The first kappa shape index (κ1) is 15.9. The number of nitrogens with zero attached hydrogens (tertiary/aromatic N) is 2. The number of amides is 2. The summed E-state index contributed by atoms with van der Waals surface area (Å²) in [6.07, 6.45) is 0. The number of thiophene rings is 1. The molecular weight excluding hydrogens is 328 g/mol. The molecule has 0 saturated carbocycles. The lowest BCUT2D eigenvalue weighted by molar-refractivity contribution is 0.0946. The topological polar surface area (TPSA) is 97.1 Å². The second-order valence-corrected chi connectivity index (χ2v) is 5.86. The van der Waals surface area contributed by atoms with Gasteiger partial charge < -0.3 is 15.1 Å². The Balaban J connectivity index is 1.63. The van der Waals surface area contributed by atoms with E-state index in [4.69, 9.17) is 4.42 Å². The summed E-state index contributed by atoms with van der Waals surface area (Å²) < 4.78 is 5.19. The molecule has 2 amide bonds. The number of hydrogen-bond acceptors (Lipinski definition) is 6. The van der Waals surface area contributed by atoms with E-state index in [0.717, 1.165) is 0 Å². The summed E-state index contributed by atoms with van der Waals surface area (Å²) >= 11 is 1.35. The molecule has 2 heterocycles. The number of nitrogens with one attached hydrogen (secondary N) is 2. The summed E-state index contributed by atoms with van der Waals surface area (Å²) in [6, 6.07) is 10.3. The largest absolute Gasteiger partial charge is 0.424 e. The van der Waals surface area contributed by atoms with Crippen LogP contribution in [0.2, 0.25) is 0 Å². The molecule has 8 heteroatoms. The Kier molecular flexibility index (Phi) is 4.66. The molecule has 0 fully saturated rings. The number of carbonyl (C=O) groups excluding carboxylic acids is 2. The average Bonchev–Trinajstić information content (AvgIpc) is 3.24. The number of carbonyl (C=O) groups is 2. The van der Waals surface area contributed by atoms with E-state index < -0.39 is 0 Å². The Bertz CT molecular complexity index is 858. The van der Waals surface area contributed by atoms with Crippen LogP contribution in [0.1, 0.15) is 31.8 Å². The highest BCUT2D eigenvalue weighted by molar-refractivity contribution is 7.12. The highest BCUT2D eigenvalue weighted by atomic mass is 32.1. The van der Waals surface area contributed by atoms with Crippen LogP contribution in [0, 0.1) is 6.92 Å². The SMILES string of the molecule is Cc1nnc(CNC(=O)c2cccc(NC(=O)c3cccs3)c2)o1. The monoisotopic (exact) mass is 342 g/mol. The molecule has 3 rings (SSSR count). The summed E-state index contributed by atoms with van der Waals surface area (Å²) in [4.78, 5) is 24.8. The van der Waals surface area contributed by atoms with Crippen molar-refractivity contribution in [1.29, 1.82) is 0 Å². The van der Waals surface area contributed by atoms with Crippen molar-refractivity contribution in [3.8, 4) is 0 Å². The molecule has 0 radical (unpaired) electrons. The highest BCUT2D eigenvalue weighted by Gasteiger charge is 2.11. The third-order valence-electron chi connectivity index (χ3n) is 3.10. The van der Waals surface area contributed by atoms with Gasteiger partial charge >= 0.3 is 0 Å². The van der Waals surface area contributed by atoms with E-state index >= 15 is 0 Å². The molecular formula is C16H14N4O3S. The molecule has 3 aromatic rings.